The number of benzene rings is 2. The van der Waals surface area contributed by atoms with E-state index in [0.717, 1.165) is 30.0 Å². The summed E-state index contributed by atoms with van der Waals surface area (Å²) < 4.78 is 72.4. The van der Waals surface area contributed by atoms with Gasteiger partial charge in [-0.25, -0.2) is 13.2 Å². The van der Waals surface area contributed by atoms with Crippen LogP contribution in [-0.4, -0.2) is 107 Å². The van der Waals surface area contributed by atoms with E-state index < -0.39 is 63.5 Å². The number of nitrogens with zero attached hydrogens (tertiary/aromatic N) is 2. The van der Waals surface area contributed by atoms with Gasteiger partial charge in [-0.3, -0.25) is 9.59 Å². The van der Waals surface area contributed by atoms with Crippen LogP contribution in [0, 0.1) is 5.92 Å². The monoisotopic (exact) mass is 699 g/mol. The number of hydrogen-bond donors (Lipinski definition) is 3. The quantitative estimate of drug-likeness (QED) is 0.302. The molecule has 0 radical (unpaired) electrons. The number of carbonyl (C=O) groups excluding carboxylic acids is 3. The van der Waals surface area contributed by atoms with Gasteiger partial charge < -0.3 is 30.5 Å². The van der Waals surface area contributed by atoms with Crippen LogP contribution in [0.2, 0.25) is 0 Å². The van der Waals surface area contributed by atoms with E-state index in [2.05, 4.69) is 20.9 Å². The second-order valence-electron chi connectivity index (χ2n) is 11.5. The molecule has 2 aromatic rings. The molecule has 2 aromatic carbocycles. The molecule has 0 aliphatic carbocycles. The van der Waals surface area contributed by atoms with Crippen LogP contribution in [0.1, 0.15) is 35.7 Å². The van der Waals surface area contributed by atoms with E-state index in [-0.39, 0.29) is 29.4 Å². The summed E-state index contributed by atoms with van der Waals surface area (Å²) in [5.74, 6) is -2.20. The third kappa shape index (κ3) is 10.1. The number of morpholine rings is 1. The molecule has 4 rings (SSSR count). The van der Waals surface area contributed by atoms with Gasteiger partial charge in [0.25, 0.3) is 5.91 Å². The number of alkyl halides is 3. The third-order valence-electron chi connectivity index (χ3n) is 8.12. The summed E-state index contributed by atoms with van der Waals surface area (Å²) in [6.07, 6.45) is -1.47. The predicted molar refractivity (Wildman–Crippen MR) is 172 cm³/mol. The Morgan fingerprint density at radius 1 is 1.04 bits per heavy atom. The summed E-state index contributed by atoms with van der Waals surface area (Å²) in [6.45, 7) is 4.43. The minimum Gasteiger partial charge on any atom is -0.378 e. The Balaban J connectivity index is 1.45. The van der Waals surface area contributed by atoms with Gasteiger partial charge >= 0.3 is 12.2 Å². The van der Waals surface area contributed by atoms with Crippen molar-refractivity contribution in [3.05, 3.63) is 53.6 Å². The van der Waals surface area contributed by atoms with Crippen molar-refractivity contribution in [2.75, 3.05) is 69.8 Å². The zero-order chi connectivity index (χ0) is 34.2. The number of amides is 4. The summed E-state index contributed by atoms with van der Waals surface area (Å²) in [6, 6.07) is 7.87. The van der Waals surface area contributed by atoms with Crippen LogP contribution in [0.25, 0.3) is 0 Å². The first-order valence-electron chi connectivity index (χ1n) is 15.3. The number of anilines is 1. The Bertz CT molecular complexity index is 1520. The number of thioether (sulfide) groups is 1. The standard InChI is InChI=1S/C31H40F3N5O6S2/c1-3-11-38-12-10-21(20-47(43,44)24-7-5-23(46-2)6-8-24)27(19-38)36-28(40)18-35-29(41)25-17-22(31(32,33)34)4-9-26(25)37-30(42)39-13-15-45-16-14-39/h4-9,17,21,27H,3,10-16,18-20H2,1-2H3,(H,35,41)(H,36,40)(H,37,42)/t21-,27-/m0/s1. The summed E-state index contributed by atoms with van der Waals surface area (Å²) in [5.41, 5.74) is -1.70. The van der Waals surface area contributed by atoms with E-state index in [9.17, 15) is 36.0 Å². The Morgan fingerprint density at radius 2 is 1.74 bits per heavy atom. The molecule has 3 N–H and O–H groups in total. The fraction of sp³-hybridized carbons (Fsp3) is 0.516. The average Bonchev–Trinajstić information content (AvgIpc) is 3.05. The number of carbonyl (C=O) groups is 3. The van der Waals surface area contributed by atoms with Crippen molar-refractivity contribution in [3.63, 3.8) is 0 Å². The van der Waals surface area contributed by atoms with Gasteiger partial charge in [0.2, 0.25) is 5.91 Å². The molecule has 2 aliphatic heterocycles. The minimum atomic E-state index is -4.75. The van der Waals surface area contributed by atoms with E-state index in [0.29, 0.717) is 38.8 Å². The van der Waals surface area contributed by atoms with Crippen LogP contribution in [0.15, 0.2) is 52.3 Å². The van der Waals surface area contributed by atoms with E-state index >= 15 is 0 Å². The number of halogens is 3. The Morgan fingerprint density at radius 3 is 2.38 bits per heavy atom. The van der Waals surface area contributed by atoms with E-state index in [1.807, 2.05) is 13.2 Å². The van der Waals surface area contributed by atoms with Crippen LogP contribution >= 0.6 is 11.8 Å². The normalized spacial score (nSPS) is 19.2. The smallest absolute Gasteiger partial charge is 0.378 e. The zero-order valence-electron chi connectivity index (χ0n) is 26.3. The molecule has 11 nitrogen and oxygen atoms in total. The number of rotatable bonds is 11. The predicted octanol–water partition coefficient (Wildman–Crippen LogP) is 3.71. The summed E-state index contributed by atoms with van der Waals surface area (Å²) in [5, 5.41) is 7.71. The zero-order valence-corrected chi connectivity index (χ0v) is 27.9. The second kappa shape index (κ2) is 16.2. The summed E-state index contributed by atoms with van der Waals surface area (Å²) >= 11 is 1.50. The van der Waals surface area contributed by atoms with Crippen LogP contribution < -0.4 is 16.0 Å². The first-order valence-corrected chi connectivity index (χ1v) is 18.2. The molecule has 0 spiro atoms. The van der Waals surface area contributed by atoms with Gasteiger partial charge in [0.1, 0.15) is 0 Å². The van der Waals surface area contributed by atoms with Crippen molar-refractivity contribution >= 4 is 45.1 Å². The number of ether oxygens (including phenoxy) is 1. The highest BCUT2D eigenvalue weighted by atomic mass is 32.2. The lowest BCUT2D eigenvalue weighted by atomic mass is 9.93. The number of urea groups is 1. The third-order valence-corrected chi connectivity index (χ3v) is 10.7. The number of nitrogens with one attached hydrogen (secondary N) is 3. The molecule has 0 saturated carbocycles. The molecule has 2 aliphatic rings. The Labute approximate surface area is 276 Å². The van der Waals surface area contributed by atoms with Crippen molar-refractivity contribution in [2.45, 2.75) is 41.8 Å². The Kier molecular flexibility index (Phi) is 12.6. The lowest BCUT2D eigenvalue weighted by Crippen LogP contribution is -2.55. The first-order chi connectivity index (χ1) is 22.3. The highest BCUT2D eigenvalue weighted by molar-refractivity contribution is 7.98. The average molecular weight is 700 g/mol. The van der Waals surface area contributed by atoms with Gasteiger partial charge in [0, 0.05) is 30.6 Å². The minimum absolute atomic E-state index is 0.147. The van der Waals surface area contributed by atoms with Crippen molar-refractivity contribution in [2.24, 2.45) is 5.92 Å². The van der Waals surface area contributed by atoms with Gasteiger partial charge in [-0.15, -0.1) is 11.8 Å². The molecule has 2 fully saturated rings. The first kappa shape index (κ1) is 36.5. The highest BCUT2D eigenvalue weighted by Gasteiger charge is 2.35. The second-order valence-corrected chi connectivity index (χ2v) is 14.4. The van der Waals surface area contributed by atoms with Crippen LogP contribution in [-0.2, 0) is 25.5 Å². The van der Waals surface area contributed by atoms with E-state index in [4.69, 9.17) is 4.74 Å². The lowest BCUT2D eigenvalue weighted by Gasteiger charge is -2.38. The number of piperidine rings is 1. The summed E-state index contributed by atoms with van der Waals surface area (Å²) in [4.78, 5) is 43.7. The number of sulfone groups is 1. The molecule has 16 heteroatoms. The maximum Gasteiger partial charge on any atom is 0.416 e. The molecule has 0 aromatic heterocycles. The lowest BCUT2D eigenvalue weighted by molar-refractivity contribution is -0.137. The SMILES string of the molecule is CCCN1CC[C@@H](CS(=O)(=O)c2ccc(SC)cc2)[C@@H](NC(=O)CNC(=O)c2cc(C(F)(F)F)ccc2NC(=O)N2CCOCC2)C1. The molecule has 0 bridgehead atoms. The maximum absolute atomic E-state index is 13.5. The fourth-order valence-electron chi connectivity index (χ4n) is 5.60. The maximum atomic E-state index is 13.5. The van der Waals surface area contributed by atoms with E-state index in [1.54, 1.807) is 24.3 Å². The van der Waals surface area contributed by atoms with E-state index in [1.165, 1.54) is 16.7 Å². The molecule has 47 heavy (non-hydrogen) atoms. The van der Waals surface area contributed by atoms with Crippen LogP contribution in [0.5, 0.6) is 0 Å². The molecule has 4 amide bonds. The number of hydrogen-bond acceptors (Lipinski definition) is 8. The van der Waals surface area contributed by atoms with Crippen LogP contribution in [0.4, 0.5) is 23.7 Å². The molecule has 2 saturated heterocycles. The molecular formula is C31H40F3N5O6S2. The molecule has 258 valence electrons. The van der Waals surface area contributed by atoms with Gasteiger partial charge in [0.05, 0.1) is 47.2 Å². The van der Waals surface area contributed by atoms with Gasteiger partial charge in [0.15, 0.2) is 9.84 Å². The fourth-order valence-corrected chi connectivity index (χ4v) is 7.72. The molecular weight excluding hydrogens is 659 g/mol. The molecule has 2 atom stereocenters. The van der Waals surface area contributed by atoms with Crippen molar-refractivity contribution in [1.29, 1.82) is 0 Å². The number of likely N-dealkylation sites (tertiary alicyclic amines) is 1. The Hall–Kier alpha value is -3.34. The van der Waals surface area contributed by atoms with Crippen LogP contribution in [0.3, 0.4) is 0 Å². The van der Waals surface area contributed by atoms with Crippen molar-refractivity contribution in [3.8, 4) is 0 Å². The molecule has 0 unspecified atom stereocenters. The van der Waals surface area contributed by atoms with Gasteiger partial charge in [-0.2, -0.15) is 13.2 Å². The van der Waals surface area contributed by atoms with Gasteiger partial charge in [-0.1, -0.05) is 6.92 Å². The summed E-state index contributed by atoms with van der Waals surface area (Å²) in [7, 11) is -3.67. The van der Waals surface area contributed by atoms with Gasteiger partial charge in [-0.05, 0) is 80.6 Å². The molecule has 2 heterocycles. The van der Waals surface area contributed by atoms with Crippen molar-refractivity contribution < 1.29 is 40.7 Å². The van der Waals surface area contributed by atoms with Crippen molar-refractivity contribution in [1.82, 2.24) is 20.4 Å². The topological polar surface area (TPSA) is 137 Å². The highest BCUT2D eigenvalue weighted by Crippen LogP contribution is 2.32. The largest absolute Gasteiger partial charge is 0.416 e.